The summed E-state index contributed by atoms with van der Waals surface area (Å²) in [7, 11) is 0. The molecule has 0 radical (unpaired) electrons. The van der Waals surface area contributed by atoms with E-state index in [1.54, 1.807) is 12.1 Å². The molecule has 0 saturated carbocycles. The zero-order valence-corrected chi connectivity index (χ0v) is 10.9. The van der Waals surface area contributed by atoms with Gasteiger partial charge in [-0.2, -0.15) is 0 Å². The molecule has 2 rings (SSSR count). The molecule has 0 aliphatic heterocycles. The topological polar surface area (TPSA) is 69.7 Å². The minimum Gasteiger partial charge on any atom is -0.394 e. The average Bonchev–Trinajstić information content (AvgIpc) is 2.72. The van der Waals surface area contributed by atoms with Crippen molar-refractivity contribution >= 4 is 27.2 Å². The van der Waals surface area contributed by atoms with Gasteiger partial charge in [0.1, 0.15) is 6.61 Å². The Kier molecular flexibility index (Phi) is 3.61. The number of aryl methyl sites for hydroxylation is 1. The molecule has 0 unspecified atom stereocenters. The highest BCUT2D eigenvalue weighted by atomic mass is 32.1. The van der Waals surface area contributed by atoms with Gasteiger partial charge < -0.3 is 9.40 Å². The number of thiazole rings is 1. The summed E-state index contributed by atoms with van der Waals surface area (Å²) in [5, 5.41) is 14.8. The number of aromatic nitrogens is 1. The van der Waals surface area contributed by atoms with Crippen molar-refractivity contribution in [3.8, 4) is 0 Å². The van der Waals surface area contributed by atoms with E-state index in [-0.39, 0.29) is 5.69 Å². The van der Waals surface area contributed by atoms with E-state index in [0.717, 1.165) is 21.6 Å². The van der Waals surface area contributed by atoms with Crippen molar-refractivity contribution in [3.63, 3.8) is 0 Å². The summed E-state index contributed by atoms with van der Waals surface area (Å²) < 4.78 is 2.81. The lowest BCUT2D eigenvalue weighted by atomic mass is 10.3. The summed E-state index contributed by atoms with van der Waals surface area (Å²) in [6, 6.07) is 4.82. The van der Waals surface area contributed by atoms with Crippen LogP contribution in [0.15, 0.2) is 23.4 Å². The predicted molar refractivity (Wildman–Crippen MR) is 69.3 cm³/mol. The largest absolute Gasteiger partial charge is 0.394 e. The van der Waals surface area contributed by atoms with Gasteiger partial charge in [0.25, 0.3) is 5.69 Å². The van der Waals surface area contributed by atoms with Gasteiger partial charge in [-0.1, -0.05) is 16.5 Å². The SMILES string of the molecule is CCON=c1sc2cc([N+](=O)[O-])ccc2n1CC. The van der Waals surface area contributed by atoms with Crippen LogP contribution in [-0.4, -0.2) is 16.1 Å². The number of nitrogens with zero attached hydrogens (tertiary/aromatic N) is 3. The molecule has 0 bridgehead atoms. The fourth-order valence-electron chi connectivity index (χ4n) is 1.67. The van der Waals surface area contributed by atoms with E-state index in [1.807, 2.05) is 18.4 Å². The maximum atomic E-state index is 10.7. The number of nitro groups is 1. The number of nitro benzene ring substituents is 1. The van der Waals surface area contributed by atoms with Gasteiger partial charge in [-0.05, 0) is 19.9 Å². The van der Waals surface area contributed by atoms with Crippen LogP contribution in [0.3, 0.4) is 0 Å². The molecular weight excluding hydrogens is 254 g/mol. The Balaban J connectivity index is 2.64. The average molecular weight is 267 g/mol. The summed E-state index contributed by atoms with van der Waals surface area (Å²) in [6.07, 6.45) is 0. The predicted octanol–water partition coefficient (Wildman–Crippen LogP) is 2.48. The maximum Gasteiger partial charge on any atom is 0.270 e. The van der Waals surface area contributed by atoms with Gasteiger partial charge >= 0.3 is 0 Å². The molecule has 6 nitrogen and oxygen atoms in total. The monoisotopic (exact) mass is 267 g/mol. The van der Waals surface area contributed by atoms with Gasteiger partial charge in [-0.15, -0.1) is 0 Å². The number of non-ortho nitro benzene ring substituents is 1. The Morgan fingerprint density at radius 2 is 2.28 bits per heavy atom. The fourth-order valence-corrected chi connectivity index (χ4v) is 2.76. The Bertz CT molecular complexity index is 645. The highest BCUT2D eigenvalue weighted by Crippen LogP contribution is 2.23. The molecule has 1 aromatic carbocycles. The second-order valence-electron chi connectivity index (χ2n) is 3.55. The minimum atomic E-state index is -0.394. The van der Waals surface area contributed by atoms with Crippen LogP contribution < -0.4 is 4.80 Å². The van der Waals surface area contributed by atoms with Crippen molar-refractivity contribution in [3.05, 3.63) is 33.1 Å². The number of hydrogen-bond donors (Lipinski definition) is 0. The van der Waals surface area contributed by atoms with E-state index in [4.69, 9.17) is 4.84 Å². The molecule has 1 aromatic heterocycles. The molecule has 0 fully saturated rings. The zero-order valence-electron chi connectivity index (χ0n) is 10.1. The molecule has 0 saturated heterocycles. The molecule has 96 valence electrons. The van der Waals surface area contributed by atoms with Crippen molar-refractivity contribution < 1.29 is 9.76 Å². The Morgan fingerprint density at radius 3 is 2.89 bits per heavy atom. The lowest BCUT2D eigenvalue weighted by Gasteiger charge is -1.99. The van der Waals surface area contributed by atoms with E-state index in [1.165, 1.54) is 17.4 Å². The molecule has 0 aliphatic carbocycles. The van der Waals surface area contributed by atoms with Gasteiger partial charge in [0, 0.05) is 18.7 Å². The number of hydrogen-bond acceptors (Lipinski definition) is 5. The molecule has 0 atom stereocenters. The smallest absolute Gasteiger partial charge is 0.270 e. The van der Waals surface area contributed by atoms with Crippen LogP contribution in [0.25, 0.3) is 10.2 Å². The molecule has 7 heteroatoms. The zero-order chi connectivity index (χ0) is 13.1. The number of rotatable bonds is 4. The third-order valence-corrected chi connectivity index (χ3v) is 3.49. The number of fused-ring (bicyclic) bond motifs is 1. The molecule has 18 heavy (non-hydrogen) atoms. The Hall–Kier alpha value is -1.89. The minimum absolute atomic E-state index is 0.0926. The van der Waals surface area contributed by atoms with Crippen LogP contribution in [0.1, 0.15) is 13.8 Å². The van der Waals surface area contributed by atoms with E-state index < -0.39 is 4.92 Å². The van der Waals surface area contributed by atoms with Gasteiger partial charge in [-0.3, -0.25) is 10.1 Å². The van der Waals surface area contributed by atoms with Crippen LogP contribution in [0, 0.1) is 10.1 Å². The normalized spacial score (nSPS) is 12.0. The second-order valence-corrected chi connectivity index (χ2v) is 4.56. The summed E-state index contributed by atoms with van der Waals surface area (Å²) in [5.74, 6) is 0. The van der Waals surface area contributed by atoms with E-state index >= 15 is 0 Å². The molecular formula is C11H13N3O3S. The van der Waals surface area contributed by atoms with Crippen LogP contribution in [-0.2, 0) is 11.4 Å². The standard InChI is InChI=1S/C11H13N3O3S/c1-3-13-9-6-5-8(14(15)16)7-10(9)18-11(13)12-17-4-2/h5-7H,3-4H2,1-2H3. The van der Waals surface area contributed by atoms with Crippen molar-refractivity contribution in [1.29, 1.82) is 0 Å². The van der Waals surface area contributed by atoms with Gasteiger partial charge in [0.15, 0.2) is 0 Å². The summed E-state index contributed by atoms with van der Waals surface area (Å²) >= 11 is 1.39. The third kappa shape index (κ3) is 2.21. The van der Waals surface area contributed by atoms with E-state index in [9.17, 15) is 10.1 Å². The highest BCUT2D eigenvalue weighted by Gasteiger charge is 2.11. The lowest BCUT2D eigenvalue weighted by Crippen LogP contribution is -2.13. The van der Waals surface area contributed by atoms with Gasteiger partial charge in [-0.25, -0.2) is 0 Å². The summed E-state index contributed by atoms with van der Waals surface area (Å²) in [5.41, 5.74) is 1.03. The van der Waals surface area contributed by atoms with E-state index in [0.29, 0.717) is 6.61 Å². The molecule has 0 N–H and O–H groups in total. The molecule has 1 heterocycles. The Labute approximate surface area is 107 Å². The highest BCUT2D eigenvalue weighted by molar-refractivity contribution is 7.16. The first-order chi connectivity index (χ1) is 8.67. The Morgan fingerprint density at radius 1 is 1.50 bits per heavy atom. The van der Waals surface area contributed by atoms with Gasteiger partial charge in [0.2, 0.25) is 4.80 Å². The summed E-state index contributed by atoms with van der Waals surface area (Å²) in [6.45, 7) is 5.10. The van der Waals surface area contributed by atoms with Crippen molar-refractivity contribution in [1.82, 2.24) is 4.57 Å². The van der Waals surface area contributed by atoms with Crippen LogP contribution in [0.2, 0.25) is 0 Å². The molecule has 0 spiro atoms. The molecule has 2 aromatic rings. The van der Waals surface area contributed by atoms with Crippen LogP contribution in [0.4, 0.5) is 5.69 Å². The molecule has 0 aliphatic rings. The van der Waals surface area contributed by atoms with E-state index in [2.05, 4.69) is 5.16 Å². The number of benzene rings is 1. The lowest BCUT2D eigenvalue weighted by molar-refractivity contribution is -0.384. The first-order valence-corrected chi connectivity index (χ1v) is 6.42. The van der Waals surface area contributed by atoms with Crippen molar-refractivity contribution in [2.75, 3.05) is 6.61 Å². The quantitative estimate of drug-likeness (QED) is 0.631. The summed E-state index contributed by atoms with van der Waals surface area (Å²) in [4.78, 5) is 16.1. The van der Waals surface area contributed by atoms with Crippen LogP contribution >= 0.6 is 11.3 Å². The first kappa shape index (κ1) is 12.6. The van der Waals surface area contributed by atoms with Gasteiger partial charge in [0.05, 0.1) is 15.1 Å². The third-order valence-electron chi connectivity index (χ3n) is 2.47. The second kappa shape index (κ2) is 5.18. The molecule has 0 amide bonds. The van der Waals surface area contributed by atoms with Crippen molar-refractivity contribution in [2.24, 2.45) is 5.16 Å². The maximum absolute atomic E-state index is 10.7. The van der Waals surface area contributed by atoms with Crippen molar-refractivity contribution in [2.45, 2.75) is 20.4 Å². The fraction of sp³-hybridized carbons (Fsp3) is 0.364. The first-order valence-electron chi connectivity index (χ1n) is 5.61. The van der Waals surface area contributed by atoms with Crippen LogP contribution in [0.5, 0.6) is 0 Å².